The molecule has 0 saturated heterocycles. The summed E-state index contributed by atoms with van der Waals surface area (Å²) in [6, 6.07) is 18.0. The summed E-state index contributed by atoms with van der Waals surface area (Å²) in [4.78, 5) is 0. The highest BCUT2D eigenvalue weighted by Crippen LogP contribution is 2.42. The Kier molecular flexibility index (Phi) is 3.60. The van der Waals surface area contributed by atoms with Crippen molar-refractivity contribution in [2.75, 3.05) is 5.32 Å². The van der Waals surface area contributed by atoms with Crippen LogP contribution in [0.3, 0.4) is 0 Å². The maximum absolute atomic E-state index is 9.81. The smallest absolute Gasteiger partial charge is 0.129 e. The summed E-state index contributed by atoms with van der Waals surface area (Å²) < 4.78 is 5.84. The highest BCUT2D eigenvalue weighted by atomic mass is 16.5. The van der Waals surface area contributed by atoms with E-state index in [0.717, 1.165) is 23.6 Å². The topological polar surface area (TPSA) is 41.5 Å². The van der Waals surface area contributed by atoms with Crippen LogP contribution in [0, 0.1) is 5.41 Å². The van der Waals surface area contributed by atoms with Crippen LogP contribution in [-0.4, -0.2) is 17.3 Å². The van der Waals surface area contributed by atoms with Gasteiger partial charge in [-0.1, -0.05) is 38.1 Å². The second kappa shape index (κ2) is 5.41. The Balaban J connectivity index is 1.69. The molecule has 2 atom stereocenters. The van der Waals surface area contributed by atoms with E-state index >= 15 is 0 Å². The Hall–Kier alpha value is -2.00. The van der Waals surface area contributed by atoms with Crippen molar-refractivity contribution >= 4 is 5.69 Å². The standard InChI is InChI=1S/C18H21NO2/c1-18(2)16(12-17(18)20)19-13-7-6-10-15(11-13)21-14-8-4-3-5-9-14/h3-11,16-17,19-20H,12H2,1-2H3. The van der Waals surface area contributed by atoms with Crippen molar-refractivity contribution in [1.82, 2.24) is 0 Å². The fourth-order valence-corrected chi connectivity index (χ4v) is 2.62. The van der Waals surface area contributed by atoms with Gasteiger partial charge in [-0.3, -0.25) is 0 Å². The summed E-state index contributed by atoms with van der Waals surface area (Å²) in [5, 5.41) is 13.3. The molecule has 0 heterocycles. The third-order valence-corrected chi connectivity index (χ3v) is 4.37. The monoisotopic (exact) mass is 283 g/mol. The molecule has 1 aliphatic carbocycles. The first-order valence-corrected chi connectivity index (χ1v) is 7.33. The first-order valence-electron chi connectivity index (χ1n) is 7.33. The van der Waals surface area contributed by atoms with Crippen molar-refractivity contribution in [3.05, 3.63) is 54.6 Å². The molecule has 2 unspecified atom stereocenters. The first-order chi connectivity index (χ1) is 10.1. The predicted octanol–water partition coefficient (Wildman–Crippen LogP) is 4.05. The van der Waals surface area contributed by atoms with Gasteiger partial charge in [0.05, 0.1) is 6.10 Å². The van der Waals surface area contributed by atoms with Crippen LogP contribution in [0.4, 0.5) is 5.69 Å². The van der Waals surface area contributed by atoms with Crippen LogP contribution in [0.25, 0.3) is 0 Å². The molecular weight excluding hydrogens is 262 g/mol. The molecule has 3 rings (SSSR count). The van der Waals surface area contributed by atoms with Crippen molar-refractivity contribution < 1.29 is 9.84 Å². The number of ether oxygens (including phenoxy) is 1. The van der Waals surface area contributed by atoms with E-state index in [4.69, 9.17) is 4.74 Å². The van der Waals surface area contributed by atoms with Gasteiger partial charge in [-0.2, -0.15) is 0 Å². The van der Waals surface area contributed by atoms with Crippen LogP contribution in [0.5, 0.6) is 11.5 Å². The normalized spacial score (nSPS) is 23.2. The van der Waals surface area contributed by atoms with Gasteiger partial charge in [-0.15, -0.1) is 0 Å². The zero-order valence-corrected chi connectivity index (χ0v) is 12.4. The molecule has 0 aromatic heterocycles. The van der Waals surface area contributed by atoms with Gasteiger partial charge in [0.15, 0.2) is 0 Å². The zero-order valence-electron chi connectivity index (χ0n) is 12.4. The molecule has 0 amide bonds. The number of rotatable bonds is 4. The lowest BCUT2D eigenvalue weighted by molar-refractivity contribution is -0.0510. The van der Waals surface area contributed by atoms with Crippen molar-refractivity contribution in [2.45, 2.75) is 32.4 Å². The summed E-state index contributed by atoms with van der Waals surface area (Å²) in [7, 11) is 0. The molecule has 2 aromatic rings. The van der Waals surface area contributed by atoms with Gasteiger partial charge in [0.1, 0.15) is 11.5 Å². The van der Waals surface area contributed by atoms with Gasteiger partial charge in [0.2, 0.25) is 0 Å². The molecular formula is C18H21NO2. The van der Waals surface area contributed by atoms with Crippen molar-refractivity contribution in [3.63, 3.8) is 0 Å². The second-order valence-corrected chi connectivity index (χ2v) is 6.21. The van der Waals surface area contributed by atoms with E-state index in [9.17, 15) is 5.11 Å². The van der Waals surface area contributed by atoms with Gasteiger partial charge in [0, 0.05) is 23.2 Å². The molecule has 0 aliphatic heterocycles. The molecule has 21 heavy (non-hydrogen) atoms. The Morgan fingerprint density at radius 1 is 1.05 bits per heavy atom. The zero-order chi connectivity index (χ0) is 14.9. The highest BCUT2D eigenvalue weighted by molar-refractivity contribution is 5.50. The van der Waals surface area contributed by atoms with Gasteiger partial charge in [-0.05, 0) is 30.7 Å². The third kappa shape index (κ3) is 2.88. The third-order valence-electron chi connectivity index (χ3n) is 4.37. The molecule has 2 aromatic carbocycles. The summed E-state index contributed by atoms with van der Waals surface area (Å²) in [6.45, 7) is 4.17. The molecule has 110 valence electrons. The number of nitrogens with one attached hydrogen (secondary N) is 1. The fourth-order valence-electron chi connectivity index (χ4n) is 2.62. The largest absolute Gasteiger partial charge is 0.457 e. The quantitative estimate of drug-likeness (QED) is 0.889. The van der Waals surface area contributed by atoms with E-state index in [1.165, 1.54) is 0 Å². The maximum atomic E-state index is 9.81. The number of benzene rings is 2. The Bertz CT molecular complexity index is 610. The summed E-state index contributed by atoms with van der Waals surface area (Å²) in [6.07, 6.45) is 0.565. The second-order valence-electron chi connectivity index (χ2n) is 6.21. The van der Waals surface area contributed by atoms with E-state index in [0.29, 0.717) is 6.04 Å². The summed E-state index contributed by atoms with van der Waals surface area (Å²) in [5.41, 5.74) is 0.935. The predicted molar refractivity (Wildman–Crippen MR) is 84.8 cm³/mol. The number of anilines is 1. The van der Waals surface area contributed by atoms with Crippen molar-refractivity contribution in [3.8, 4) is 11.5 Å². The number of para-hydroxylation sites is 1. The van der Waals surface area contributed by atoms with Crippen LogP contribution in [0.1, 0.15) is 20.3 Å². The van der Waals surface area contributed by atoms with E-state index in [1.807, 2.05) is 54.6 Å². The molecule has 3 heteroatoms. The highest BCUT2D eigenvalue weighted by Gasteiger charge is 2.47. The number of aliphatic hydroxyl groups excluding tert-OH is 1. The van der Waals surface area contributed by atoms with Gasteiger partial charge in [-0.25, -0.2) is 0 Å². The lowest BCUT2D eigenvalue weighted by Crippen LogP contribution is -2.56. The maximum Gasteiger partial charge on any atom is 0.129 e. The molecule has 1 saturated carbocycles. The van der Waals surface area contributed by atoms with E-state index in [2.05, 4.69) is 19.2 Å². The Morgan fingerprint density at radius 2 is 1.76 bits per heavy atom. The van der Waals surface area contributed by atoms with Crippen molar-refractivity contribution in [2.24, 2.45) is 5.41 Å². The van der Waals surface area contributed by atoms with Crippen molar-refractivity contribution in [1.29, 1.82) is 0 Å². The van der Waals surface area contributed by atoms with Crippen LogP contribution < -0.4 is 10.1 Å². The van der Waals surface area contributed by atoms with Gasteiger partial charge >= 0.3 is 0 Å². The average Bonchev–Trinajstić information content (AvgIpc) is 2.48. The molecule has 0 spiro atoms. The van der Waals surface area contributed by atoms with E-state index < -0.39 is 0 Å². The van der Waals surface area contributed by atoms with E-state index in [1.54, 1.807) is 0 Å². The lowest BCUT2D eigenvalue weighted by atomic mass is 9.64. The molecule has 2 N–H and O–H groups in total. The number of aliphatic hydroxyl groups is 1. The minimum atomic E-state index is -0.223. The first kappa shape index (κ1) is 14.0. The summed E-state index contributed by atoms with van der Waals surface area (Å²) in [5.74, 6) is 1.64. The SMILES string of the molecule is CC1(C)C(O)CC1Nc1cccc(Oc2ccccc2)c1. The van der Waals surface area contributed by atoms with Crippen LogP contribution in [0.2, 0.25) is 0 Å². The van der Waals surface area contributed by atoms with Crippen LogP contribution in [0.15, 0.2) is 54.6 Å². The minimum absolute atomic E-state index is 0.0870. The Morgan fingerprint density at radius 3 is 2.43 bits per heavy atom. The molecule has 1 fully saturated rings. The number of hydrogen-bond acceptors (Lipinski definition) is 3. The van der Waals surface area contributed by atoms with Gasteiger partial charge < -0.3 is 15.2 Å². The fraction of sp³-hybridized carbons (Fsp3) is 0.333. The average molecular weight is 283 g/mol. The molecule has 1 aliphatic rings. The Labute approximate surface area is 125 Å². The number of hydrogen-bond donors (Lipinski definition) is 2. The lowest BCUT2D eigenvalue weighted by Gasteiger charge is -2.49. The molecule has 0 bridgehead atoms. The summed E-state index contributed by atoms with van der Waals surface area (Å²) >= 11 is 0. The van der Waals surface area contributed by atoms with E-state index in [-0.39, 0.29) is 11.5 Å². The van der Waals surface area contributed by atoms with Gasteiger partial charge in [0.25, 0.3) is 0 Å². The minimum Gasteiger partial charge on any atom is -0.457 e. The van der Waals surface area contributed by atoms with Crippen LogP contribution in [-0.2, 0) is 0 Å². The van der Waals surface area contributed by atoms with Crippen LogP contribution >= 0.6 is 0 Å². The molecule has 3 nitrogen and oxygen atoms in total. The molecule has 0 radical (unpaired) electrons.